The van der Waals surface area contributed by atoms with Gasteiger partial charge in [-0.2, -0.15) is 0 Å². The first-order valence-corrected chi connectivity index (χ1v) is 18.9. The Balaban J connectivity index is 1.02. The van der Waals surface area contributed by atoms with Gasteiger partial charge in [-0.05, 0) is 104 Å². The van der Waals surface area contributed by atoms with Crippen LogP contribution < -0.4 is 10.4 Å². The Morgan fingerprint density at radius 3 is 2.00 bits per heavy atom. The highest BCUT2D eigenvalue weighted by Crippen LogP contribution is 2.40. The molecule has 0 unspecified atom stereocenters. The Morgan fingerprint density at radius 2 is 1.20 bits per heavy atom. The van der Waals surface area contributed by atoms with E-state index in [1.807, 2.05) is 12.3 Å². The zero-order valence-electron chi connectivity index (χ0n) is 30.3. The molecule has 0 saturated carbocycles. The van der Waals surface area contributed by atoms with Gasteiger partial charge in [0.05, 0.1) is 16.7 Å². The Morgan fingerprint density at radius 1 is 0.509 bits per heavy atom. The summed E-state index contributed by atoms with van der Waals surface area (Å²) in [6.45, 7) is 0. The number of aromatic nitrogens is 2. The van der Waals surface area contributed by atoms with Crippen LogP contribution in [-0.2, 0) is 6.42 Å². The van der Waals surface area contributed by atoms with Gasteiger partial charge in [-0.25, -0.2) is 4.98 Å². The van der Waals surface area contributed by atoms with Crippen LogP contribution >= 0.6 is 0 Å². The second-order valence-electron chi connectivity index (χ2n) is 14.2. The average Bonchev–Trinajstić information content (AvgIpc) is 3.50. The Kier molecular flexibility index (Phi) is 8.29. The molecular formula is C53H36N2. The van der Waals surface area contributed by atoms with Crippen molar-refractivity contribution in [1.82, 2.24) is 9.97 Å². The average molecular weight is 701 g/mol. The zero-order chi connectivity index (χ0) is 36.6. The first-order chi connectivity index (χ1) is 27.3. The highest BCUT2D eigenvalue weighted by molar-refractivity contribution is 6.03. The van der Waals surface area contributed by atoms with Gasteiger partial charge in [0.1, 0.15) is 0 Å². The van der Waals surface area contributed by atoms with Crippen molar-refractivity contribution in [3.8, 4) is 44.6 Å². The van der Waals surface area contributed by atoms with Crippen molar-refractivity contribution in [3.63, 3.8) is 0 Å². The van der Waals surface area contributed by atoms with E-state index in [1.54, 1.807) is 0 Å². The number of allylic oxidation sites excluding steroid dienone is 6. The fourth-order valence-electron chi connectivity index (χ4n) is 8.08. The number of benzene rings is 6. The van der Waals surface area contributed by atoms with Gasteiger partial charge in [0.25, 0.3) is 0 Å². The fraction of sp³-hybridized carbons (Fsp3) is 0.0377. The lowest BCUT2D eigenvalue weighted by atomic mass is 9.88. The summed E-state index contributed by atoms with van der Waals surface area (Å²) in [6, 6.07) is 52.3. The summed E-state index contributed by atoms with van der Waals surface area (Å²) in [5.41, 5.74) is 19.8. The van der Waals surface area contributed by atoms with Crippen LogP contribution in [0.5, 0.6) is 0 Å². The van der Waals surface area contributed by atoms with E-state index in [1.165, 1.54) is 60.5 Å². The number of pyridine rings is 2. The third-order valence-electron chi connectivity index (χ3n) is 10.8. The maximum absolute atomic E-state index is 5.15. The summed E-state index contributed by atoms with van der Waals surface area (Å²) >= 11 is 0. The van der Waals surface area contributed by atoms with E-state index in [4.69, 9.17) is 4.98 Å². The molecule has 0 N–H and O–H groups in total. The molecule has 0 fully saturated rings. The first kappa shape index (κ1) is 32.5. The third-order valence-corrected chi connectivity index (χ3v) is 10.8. The number of hydrogen-bond donors (Lipinski definition) is 0. The molecule has 2 nitrogen and oxygen atoms in total. The molecule has 2 heteroatoms. The van der Waals surface area contributed by atoms with Gasteiger partial charge >= 0.3 is 0 Å². The maximum Gasteiger partial charge on any atom is 0.0972 e. The van der Waals surface area contributed by atoms with E-state index in [2.05, 4.69) is 193 Å². The normalized spacial score (nSPS) is 14.8. The van der Waals surface area contributed by atoms with Gasteiger partial charge in [0.15, 0.2) is 0 Å². The summed E-state index contributed by atoms with van der Waals surface area (Å²) < 4.78 is 0. The highest BCUT2D eigenvalue weighted by atomic mass is 14.7. The van der Waals surface area contributed by atoms with E-state index >= 15 is 0 Å². The van der Waals surface area contributed by atoms with Crippen LogP contribution in [0.15, 0.2) is 182 Å². The SMILES string of the molecule is C1=CC/C(c2cccc(-c3ccccc3-c3ccccc3-c3cccc(-c4ccc5ccc6cccnc6c5n4)c3)c2)=C\C=c2\ccc3c(c2=1)CC=CC=C3. The molecule has 10 rings (SSSR count). The fourth-order valence-corrected chi connectivity index (χ4v) is 8.08. The van der Waals surface area contributed by atoms with Crippen molar-refractivity contribution in [1.29, 1.82) is 0 Å². The molecule has 2 heterocycles. The van der Waals surface area contributed by atoms with Crippen LogP contribution in [0, 0.1) is 0 Å². The van der Waals surface area contributed by atoms with Gasteiger partial charge in [0, 0.05) is 27.8 Å². The molecule has 2 aliphatic carbocycles. The van der Waals surface area contributed by atoms with Crippen LogP contribution in [0.4, 0.5) is 0 Å². The van der Waals surface area contributed by atoms with Crippen LogP contribution in [0.1, 0.15) is 23.1 Å². The van der Waals surface area contributed by atoms with Gasteiger partial charge in [-0.3, -0.25) is 4.98 Å². The quantitative estimate of drug-likeness (QED) is 0.167. The third kappa shape index (κ3) is 6.15. The van der Waals surface area contributed by atoms with Crippen molar-refractivity contribution >= 4 is 45.3 Å². The van der Waals surface area contributed by atoms with E-state index in [0.717, 1.165) is 51.5 Å². The predicted molar refractivity (Wildman–Crippen MR) is 231 cm³/mol. The summed E-state index contributed by atoms with van der Waals surface area (Å²) in [5, 5.41) is 4.59. The zero-order valence-corrected chi connectivity index (χ0v) is 30.3. The smallest absolute Gasteiger partial charge is 0.0972 e. The van der Waals surface area contributed by atoms with E-state index in [-0.39, 0.29) is 0 Å². The van der Waals surface area contributed by atoms with Crippen molar-refractivity contribution in [3.05, 3.63) is 209 Å². The second kappa shape index (κ2) is 14.0. The molecule has 6 aromatic carbocycles. The molecule has 8 aromatic rings. The Bertz CT molecular complexity index is 3080. The summed E-state index contributed by atoms with van der Waals surface area (Å²) in [7, 11) is 0. The van der Waals surface area contributed by atoms with Gasteiger partial charge in [-0.1, -0.05) is 158 Å². The molecule has 0 amide bonds. The predicted octanol–water partition coefficient (Wildman–Crippen LogP) is 11.8. The van der Waals surface area contributed by atoms with Crippen molar-refractivity contribution < 1.29 is 0 Å². The lowest BCUT2D eigenvalue weighted by molar-refractivity contribution is 1.22. The number of hydrogen-bond acceptors (Lipinski definition) is 2. The number of nitrogens with zero attached hydrogens (tertiary/aromatic N) is 2. The van der Waals surface area contributed by atoms with Gasteiger partial charge in [0.2, 0.25) is 0 Å². The van der Waals surface area contributed by atoms with Crippen LogP contribution in [0.25, 0.3) is 89.9 Å². The molecule has 0 radical (unpaired) electrons. The van der Waals surface area contributed by atoms with Crippen molar-refractivity contribution in [2.24, 2.45) is 0 Å². The summed E-state index contributed by atoms with van der Waals surface area (Å²) in [6.07, 6.45) is 19.0. The summed E-state index contributed by atoms with van der Waals surface area (Å²) in [4.78, 5) is 9.83. The van der Waals surface area contributed by atoms with Crippen LogP contribution in [0.2, 0.25) is 0 Å². The van der Waals surface area contributed by atoms with Gasteiger partial charge in [-0.15, -0.1) is 5.73 Å². The lowest BCUT2D eigenvalue weighted by Crippen LogP contribution is -2.28. The van der Waals surface area contributed by atoms with Crippen LogP contribution in [0.3, 0.4) is 0 Å². The minimum absolute atomic E-state index is 0.814. The number of rotatable bonds is 5. The first-order valence-electron chi connectivity index (χ1n) is 18.9. The molecule has 0 atom stereocenters. The monoisotopic (exact) mass is 700 g/mol. The topological polar surface area (TPSA) is 25.8 Å². The second-order valence-corrected chi connectivity index (χ2v) is 14.2. The highest BCUT2D eigenvalue weighted by Gasteiger charge is 2.15. The Labute approximate surface area is 320 Å². The Hall–Kier alpha value is -7.12. The van der Waals surface area contributed by atoms with E-state index < -0.39 is 0 Å². The molecule has 0 spiro atoms. The molecule has 2 aromatic heterocycles. The molecule has 258 valence electrons. The molecule has 0 aliphatic heterocycles. The van der Waals surface area contributed by atoms with Gasteiger partial charge < -0.3 is 0 Å². The van der Waals surface area contributed by atoms with E-state index in [0.29, 0.717) is 0 Å². The van der Waals surface area contributed by atoms with Crippen molar-refractivity contribution in [2.45, 2.75) is 12.8 Å². The van der Waals surface area contributed by atoms with E-state index in [9.17, 15) is 0 Å². The summed E-state index contributed by atoms with van der Waals surface area (Å²) in [5.74, 6) is 0. The maximum atomic E-state index is 5.15. The minimum Gasteiger partial charge on any atom is -0.254 e. The lowest BCUT2D eigenvalue weighted by Gasteiger charge is -2.16. The number of fused-ring (bicyclic) bond motifs is 6. The van der Waals surface area contributed by atoms with Crippen LogP contribution in [-0.4, -0.2) is 9.97 Å². The largest absolute Gasteiger partial charge is 0.254 e. The standard InChI is InChI=1S/C53H36N2/c1-2-12-37-27-28-38-26-25-36(13-10-24-46(38)45(37)19-3-1)41-14-8-15-42(34-41)47-20-4-6-22-49(47)50-23-7-5-21-48(50)43-16-9-17-44(35-43)51-32-31-40-30-29-39-18-11-33-54-52(39)53(40)55-51/h1-12,14-18,20-23,25-35H,13,19H2/b36-25+,38-26-. The van der Waals surface area contributed by atoms with Crippen molar-refractivity contribution in [2.75, 3.05) is 0 Å². The molecule has 0 bridgehead atoms. The molecule has 2 aliphatic rings. The molecule has 0 saturated heterocycles. The molecule has 55 heavy (non-hydrogen) atoms. The minimum atomic E-state index is 0.814. The molecular weight excluding hydrogens is 665 g/mol.